The molecule has 2 aromatic carbocycles. The molecule has 130 valence electrons. The zero-order valence-electron chi connectivity index (χ0n) is 12.7. The molecule has 0 fully saturated rings. The van der Waals surface area contributed by atoms with Crippen LogP contribution in [0.1, 0.15) is 10.4 Å². The number of sulfonamides is 1. The zero-order chi connectivity index (χ0) is 18.6. The molecule has 9 nitrogen and oxygen atoms in total. The van der Waals surface area contributed by atoms with Gasteiger partial charge in [-0.3, -0.25) is 19.7 Å². The molecule has 0 saturated heterocycles. The van der Waals surface area contributed by atoms with Crippen molar-refractivity contribution in [2.75, 3.05) is 11.1 Å². The van der Waals surface area contributed by atoms with Crippen LogP contribution in [-0.2, 0) is 19.6 Å². The number of primary sulfonamides is 1. The number of rotatable bonds is 3. The summed E-state index contributed by atoms with van der Waals surface area (Å²) in [7, 11) is -3.86. The lowest BCUT2D eigenvalue weighted by atomic mass is 10.2. The Balaban J connectivity index is 1.99. The third-order valence-electron chi connectivity index (χ3n) is 3.05. The third kappa shape index (κ3) is 4.86. The van der Waals surface area contributed by atoms with Gasteiger partial charge in [-0.05, 0) is 48.5 Å². The molecule has 6 N–H and O–H groups in total. The van der Waals surface area contributed by atoms with E-state index in [1.807, 2.05) is 5.32 Å². The first-order chi connectivity index (χ1) is 11.7. The van der Waals surface area contributed by atoms with Crippen molar-refractivity contribution in [3.05, 3.63) is 54.1 Å². The van der Waals surface area contributed by atoms with E-state index in [-0.39, 0.29) is 16.1 Å². The molecule has 3 amide bonds. The van der Waals surface area contributed by atoms with Crippen molar-refractivity contribution in [3.8, 4) is 0 Å². The molecule has 0 aliphatic rings. The number of anilines is 2. The highest BCUT2D eigenvalue weighted by Gasteiger charge is 2.18. The van der Waals surface area contributed by atoms with Gasteiger partial charge < -0.3 is 11.1 Å². The summed E-state index contributed by atoms with van der Waals surface area (Å²) in [5, 5.41) is 9.10. The number of benzene rings is 2. The predicted octanol–water partition coefficient (Wildman–Crippen LogP) is -0.189. The number of hydrogen-bond acceptors (Lipinski definition) is 6. The molecule has 0 heterocycles. The van der Waals surface area contributed by atoms with Gasteiger partial charge in [0, 0.05) is 16.9 Å². The number of hydrogen-bond donors (Lipinski definition) is 4. The predicted molar refractivity (Wildman–Crippen MR) is 89.8 cm³/mol. The molecule has 0 aliphatic carbocycles. The standard InChI is InChI=1S/C15H14N4O5S/c16-10-3-1-9(2-4-10)13(20)19-15(22)14(21)18-11-5-7-12(8-6-11)25(17,23)24/h1-8H,16H2,(H,18,21)(H2,17,23,24)(H,19,20,22). The Kier molecular flexibility index (Phi) is 5.15. The van der Waals surface area contributed by atoms with Gasteiger partial charge >= 0.3 is 11.8 Å². The van der Waals surface area contributed by atoms with Crippen molar-refractivity contribution in [1.82, 2.24) is 5.32 Å². The van der Waals surface area contributed by atoms with Crippen molar-refractivity contribution in [1.29, 1.82) is 0 Å². The van der Waals surface area contributed by atoms with Gasteiger partial charge in [0.05, 0.1) is 4.90 Å². The van der Waals surface area contributed by atoms with Gasteiger partial charge in [-0.25, -0.2) is 13.6 Å². The molecule has 10 heteroatoms. The molecule has 0 atom stereocenters. The normalized spacial score (nSPS) is 10.8. The van der Waals surface area contributed by atoms with Crippen LogP contribution in [0.25, 0.3) is 0 Å². The van der Waals surface area contributed by atoms with E-state index in [0.717, 1.165) is 0 Å². The van der Waals surface area contributed by atoms with Gasteiger partial charge in [0.25, 0.3) is 5.91 Å². The molecular formula is C15H14N4O5S. The molecule has 0 aliphatic heterocycles. The first-order valence-electron chi connectivity index (χ1n) is 6.82. The number of nitrogens with two attached hydrogens (primary N) is 2. The summed E-state index contributed by atoms with van der Waals surface area (Å²) in [6.07, 6.45) is 0. The molecule has 0 saturated carbocycles. The fourth-order valence-corrected chi connectivity index (χ4v) is 2.30. The maximum Gasteiger partial charge on any atom is 0.316 e. The molecule has 0 radical (unpaired) electrons. The minimum absolute atomic E-state index is 0.145. The van der Waals surface area contributed by atoms with E-state index in [2.05, 4.69) is 5.32 Å². The Bertz CT molecular complexity index is 921. The lowest BCUT2D eigenvalue weighted by molar-refractivity contribution is -0.135. The van der Waals surface area contributed by atoms with E-state index in [9.17, 15) is 22.8 Å². The molecule has 0 spiro atoms. The first-order valence-corrected chi connectivity index (χ1v) is 8.36. The van der Waals surface area contributed by atoms with E-state index >= 15 is 0 Å². The van der Waals surface area contributed by atoms with Crippen LogP contribution in [0.3, 0.4) is 0 Å². The lowest BCUT2D eigenvalue weighted by Crippen LogP contribution is -2.39. The number of nitrogens with one attached hydrogen (secondary N) is 2. The number of nitrogen functional groups attached to an aromatic ring is 1. The van der Waals surface area contributed by atoms with Crippen LogP contribution < -0.4 is 21.5 Å². The molecule has 0 aromatic heterocycles. The van der Waals surface area contributed by atoms with E-state index in [1.165, 1.54) is 48.5 Å². The van der Waals surface area contributed by atoms with Gasteiger partial charge in [-0.1, -0.05) is 0 Å². The van der Waals surface area contributed by atoms with Gasteiger partial charge in [-0.15, -0.1) is 0 Å². The Morgan fingerprint density at radius 2 is 1.40 bits per heavy atom. The summed E-state index contributed by atoms with van der Waals surface area (Å²) in [6.45, 7) is 0. The number of imide groups is 1. The maximum absolute atomic E-state index is 11.8. The van der Waals surface area contributed by atoms with Gasteiger partial charge in [-0.2, -0.15) is 0 Å². The van der Waals surface area contributed by atoms with E-state index in [0.29, 0.717) is 5.69 Å². The summed E-state index contributed by atoms with van der Waals surface area (Å²) in [6, 6.07) is 10.6. The van der Waals surface area contributed by atoms with E-state index < -0.39 is 27.7 Å². The molecule has 0 bridgehead atoms. The average molecular weight is 362 g/mol. The fourth-order valence-electron chi connectivity index (χ4n) is 1.78. The summed E-state index contributed by atoms with van der Waals surface area (Å²) in [5.41, 5.74) is 6.26. The Labute approximate surface area is 143 Å². The highest BCUT2D eigenvalue weighted by Crippen LogP contribution is 2.12. The number of carbonyl (C=O) groups is 3. The van der Waals surface area contributed by atoms with Crippen molar-refractivity contribution in [3.63, 3.8) is 0 Å². The number of amides is 3. The maximum atomic E-state index is 11.8. The Morgan fingerprint density at radius 1 is 0.840 bits per heavy atom. The zero-order valence-corrected chi connectivity index (χ0v) is 13.5. The quantitative estimate of drug-likeness (QED) is 0.437. The monoisotopic (exact) mass is 362 g/mol. The topological polar surface area (TPSA) is 161 Å². The van der Waals surface area contributed by atoms with Crippen LogP contribution in [0.2, 0.25) is 0 Å². The van der Waals surface area contributed by atoms with Crippen molar-refractivity contribution in [2.45, 2.75) is 4.90 Å². The van der Waals surface area contributed by atoms with Crippen LogP contribution in [-0.4, -0.2) is 26.1 Å². The highest BCUT2D eigenvalue weighted by atomic mass is 32.2. The molecule has 25 heavy (non-hydrogen) atoms. The second kappa shape index (κ2) is 7.11. The van der Waals surface area contributed by atoms with Crippen molar-refractivity contribution in [2.24, 2.45) is 5.14 Å². The van der Waals surface area contributed by atoms with Gasteiger partial charge in [0.15, 0.2) is 0 Å². The first kappa shape index (κ1) is 18.1. The van der Waals surface area contributed by atoms with Gasteiger partial charge in [0.2, 0.25) is 10.0 Å². The molecule has 2 rings (SSSR count). The van der Waals surface area contributed by atoms with Gasteiger partial charge in [0.1, 0.15) is 0 Å². The Hall–Kier alpha value is -3.24. The van der Waals surface area contributed by atoms with Crippen LogP contribution in [0.15, 0.2) is 53.4 Å². The summed E-state index contributed by atoms with van der Waals surface area (Å²) >= 11 is 0. The summed E-state index contributed by atoms with van der Waals surface area (Å²) < 4.78 is 22.3. The van der Waals surface area contributed by atoms with Crippen molar-refractivity contribution >= 4 is 39.1 Å². The van der Waals surface area contributed by atoms with E-state index in [4.69, 9.17) is 10.9 Å². The van der Waals surface area contributed by atoms with Crippen LogP contribution in [0, 0.1) is 0 Å². The molecule has 2 aromatic rings. The molecular weight excluding hydrogens is 348 g/mol. The third-order valence-corrected chi connectivity index (χ3v) is 3.98. The minimum atomic E-state index is -3.86. The minimum Gasteiger partial charge on any atom is -0.399 e. The SMILES string of the molecule is Nc1ccc(C(=O)NC(=O)C(=O)Nc2ccc(S(N)(=O)=O)cc2)cc1. The van der Waals surface area contributed by atoms with Crippen LogP contribution >= 0.6 is 0 Å². The molecule has 0 unspecified atom stereocenters. The lowest BCUT2D eigenvalue weighted by Gasteiger charge is -2.06. The Morgan fingerprint density at radius 3 is 1.92 bits per heavy atom. The second-order valence-corrected chi connectivity index (χ2v) is 6.49. The largest absolute Gasteiger partial charge is 0.399 e. The summed E-state index contributed by atoms with van der Waals surface area (Å²) in [4.78, 5) is 35.2. The fraction of sp³-hybridized carbons (Fsp3) is 0. The van der Waals surface area contributed by atoms with Crippen molar-refractivity contribution < 1.29 is 22.8 Å². The number of carbonyl (C=O) groups excluding carboxylic acids is 3. The average Bonchev–Trinajstić information content (AvgIpc) is 2.55. The smallest absolute Gasteiger partial charge is 0.316 e. The van der Waals surface area contributed by atoms with Crippen LogP contribution in [0.5, 0.6) is 0 Å². The van der Waals surface area contributed by atoms with E-state index in [1.54, 1.807) is 0 Å². The van der Waals surface area contributed by atoms with Crippen LogP contribution in [0.4, 0.5) is 11.4 Å². The second-order valence-electron chi connectivity index (χ2n) is 4.93. The highest BCUT2D eigenvalue weighted by molar-refractivity contribution is 7.89. The summed E-state index contributed by atoms with van der Waals surface area (Å²) in [5.74, 6) is -3.02.